The Morgan fingerprint density at radius 2 is 1.90 bits per heavy atom. The second-order valence-corrected chi connectivity index (χ2v) is 12.3. The number of aryl methyl sites for hydroxylation is 1. The summed E-state index contributed by atoms with van der Waals surface area (Å²) in [5.41, 5.74) is 7.78. The molecule has 1 unspecified atom stereocenters. The zero-order valence-corrected chi connectivity index (χ0v) is 24.6. The molecule has 1 saturated heterocycles. The molecule has 1 aromatic heterocycles. The van der Waals surface area contributed by atoms with E-state index in [9.17, 15) is 14.4 Å². The summed E-state index contributed by atoms with van der Waals surface area (Å²) in [6, 6.07) is 8.74. The van der Waals surface area contributed by atoms with Gasteiger partial charge in [0, 0.05) is 44.1 Å². The van der Waals surface area contributed by atoms with E-state index in [1.54, 1.807) is 20.0 Å². The molecule has 39 heavy (non-hydrogen) atoms. The number of carbonyl (C=O) groups excluding carboxylic acids is 2. The number of amides is 2. The van der Waals surface area contributed by atoms with Crippen LogP contribution in [0.3, 0.4) is 0 Å². The molecule has 1 aromatic carbocycles. The molecule has 2 fully saturated rings. The standard InChI is InChI=1S/C14H13N3O2.C13H23NO.C3H8N2/c1-9-2-3-13-10(4-9)5-11(14(19)17-13)6-12(7-15)16-8-18;1-12(2,3)6-11(15)14-7-9-10(8-14)13(9,4)5;1-3(4)5-2/h2-5,8,12H,6H2,1H3,(H,16,18)(H,17,19);9-10H,6-8H2,1-5H3;1-2H3,(H2,4,5)/t12-;9-,10?;/m00./s1. The van der Waals surface area contributed by atoms with Crippen LogP contribution in [0.15, 0.2) is 34.1 Å². The summed E-state index contributed by atoms with van der Waals surface area (Å²) in [7, 11) is 1.66. The molecule has 0 spiro atoms. The van der Waals surface area contributed by atoms with Crippen LogP contribution in [0.2, 0.25) is 0 Å². The number of aromatic nitrogens is 1. The molecule has 2 amide bonds. The third-order valence-corrected chi connectivity index (χ3v) is 7.43. The lowest BCUT2D eigenvalue weighted by Gasteiger charge is -2.26. The maximum atomic E-state index is 12.0. The Kier molecular flexibility index (Phi) is 10.5. The van der Waals surface area contributed by atoms with Crippen molar-refractivity contribution in [1.29, 1.82) is 5.26 Å². The average molecular weight is 537 g/mol. The van der Waals surface area contributed by atoms with E-state index < -0.39 is 6.04 Å². The summed E-state index contributed by atoms with van der Waals surface area (Å²) in [5, 5.41) is 12.2. The van der Waals surface area contributed by atoms with E-state index in [2.05, 4.69) is 54.8 Å². The largest absolute Gasteiger partial charge is 0.388 e. The van der Waals surface area contributed by atoms with E-state index in [4.69, 9.17) is 11.0 Å². The number of aromatic amines is 1. The molecule has 4 N–H and O–H groups in total. The van der Waals surface area contributed by atoms with Crippen LogP contribution in [0, 0.1) is 40.9 Å². The SMILES string of the molecule is CC(C)(C)CC(=O)N1CC2[C@H](C1)C2(C)C.CN=C(C)N.Cc1ccc2[nH]c(=O)c(C[C@@H](C#N)NC=O)cc2c1. The quantitative estimate of drug-likeness (QED) is 0.304. The Morgan fingerprint density at radius 1 is 1.31 bits per heavy atom. The molecule has 1 aliphatic heterocycles. The Morgan fingerprint density at radius 3 is 2.38 bits per heavy atom. The summed E-state index contributed by atoms with van der Waals surface area (Å²) in [4.78, 5) is 42.6. The molecule has 2 aromatic rings. The molecular weight excluding hydrogens is 492 g/mol. The van der Waals surface area contributed by atoms with Gasteiger partial charge in [-0.2, -0.15) is 5.26 Å². The van der Waals surface area contributed by atoms with Gasteiger partial charge >= 0.3 is 0 Å². The number of nitrogens with one attached hydrogen (secondary N) is 2. The lowest BCUT2D eigenvalue weighted by atomic mass is 9.91. The van der Waals surface area contributed by atoms with Crippen molar-refractivity contribution in [3.8, 4) is 6.07 Å². The number of hydrogen-bond donors (Lipinski definition) is 3. The Labute approximate surface area is 231 Å². The molecule has 0 bridgehead atoms. The van der Waals surface area contributed by atoms with Gasteiger partial charge in [0.25, 0.3) is 5.56 Å². The van der Waals surface area contributed by atoms with Crippen LogP contribution in [0.5, 0.6) is 0 Å². The van der Waals surface area contributed by atoms with Gasteiger partial charge in [0.15, 0.2) is 0 Å². The van der Waals surface area contributed by atoms with Gasteiger partial charge in [0.1, 0.15) is 6.04 Å². The van der Waals surface area contributed by atoms with Crippen LogP contribution in [0.4, 0.5) is 0 Å². The summed E-state index contributed by atoms with van der Waals surface area (Å²) >= 11 is 0. The highest BCUT2D eigenvalue weighted by Crippen LogP contribution is 2.62. The minimum absolute atomic E-state index is 0.124. The number of aliphatic imine (C=N–C) groups is 1. The van der Waals surface area contributed by atoms with Crippen molar-refractivity contribution in [2.24, 2.45) is 33.4 Å². The zero-order valence-electron chi connectivity index (χ0n) is 24.6. The monoisotopic (exact) mass is 536 g/mol. The van der Waals surface area contributed by atoms with E-state index in [-0.39, 0.29) is 17.4 Å². The van der Waals surface area contributed by atoms with Gasteiger partial charge in [0.05, 0.1) is 11.9 Å². The Hall–Kier alpha value is -3.67. The highest BCUT2D eigenvalue weighted by molar-refractivity contribution is 5.80. The van der Waals surface area contributed by atoms with Crippen molar-refractivity contribution in [3.05, 3.63) is 45.7 Å². The lowest BCUT2D eigenvalue weighted by Crippen LogP contribution is -2.35. The van der Waals surface area contributed by atoms with Crippen molar-refractivity contribution < 1.29 is 9.59 Å². The number of likely N-dealkylation sites (tertiary alicyclic amines) is 1. The predicted octanol–water partition coefficient (Wildman–Crippen LogP) is 3.55. The Balaban J connectivity index is 0.000000238. The third kappa shape index (κ3) is 8.95. The van der Waals surface area contributed by atoms with Gasteiger partial charge in [-0.1, -0.05) is 46.2 Å². The van der Waals surface area contributed by atoms with Gasteiger partial charge in [-0.3, -0.25) is 19.4 Å². The molecule has 212 valence electrons. The van der Waals surface area contributed by atoms with E-state index in [0.29, 0.717) is 35.6 Å². The minimum Gasteiger partial charge on any atom is -0.388 e. The van der Waals surface area contributed by atoms with Gasteiger partial charge in [0.2, 0.25) is 12.3 Å². The van der Waals surface area contributed by atoms with Crippen molar-refractivity contribution in [2.45, 2.75) is 67.3 Å². The first kappa shape index (κ1) is 31.5. The molecule has 9 heteroatoms. The van der Waals surface area contributed by atoms with Crippen LogP contribution < -0.4 is 16.6 Å². The summed E-state index contributed by atoms with van der Waals surface area (Å²) in [6.07, 6.45) is 1.34. The fraction of sp³-hybridized carbons (Fsp3) is 0.567. The van der Waals surface area contributed by atoms with Crippen LogP contribution >= 0.6 is 0 Å². The number of fused-ring (bicyclic) bond motifs is 2. The number of rotatable bonds is 5. The number of nitrogens with zero attached hydrogens (tertiary/aromatic N) is 3. The van der Waals surface area contributed by atoms with Crippen LogP contribution in [0.1, 0.15) is 59.1 Å². The summed E-state index contributed by atoms with van der Waals surface area (Å²) in [6.45, 7) is 16.8. The number of nitrogens with two attached hydrogens (primary N) is 1. The van der Waals surface area contributed by atoms with E-state index >= 15 is 0 Å². The maximum Gasteiger partial charge on any atom is 0.251 e. The zero-order chi connectivity index (χ0) is 29.5. The van der Waals surface area contributed by atoms with Crippen LogP contribution in [-0.2, 0) is 16.0 Å². The van der Waals surface area contributed by atoms with Crippen molar-refractivity contribution in [1.82, 2.24) is 15.2 Å². The summed E-state index contributed by atoms with van der Waals surface area (Å²) < 4.78 is 0. The van der Waals surface area contributed by atoms with Crippen LogP contribution in [0.25, 0.3) is 10.9 Å². The van der Waals surface area contributed by atoms with Crippen molar-refractivity contribution in [3.63, 3.8) is 0 Å². The lowest BCUT2D eigenvalue weighted by molar-refractivity contribution is -0.132. The molecule has 2 heterocycles. The first-order valence-corrected chi connectivity index (χ1v) is 13.3. The molecule has 1 aliphatic carbocycles. The number of carbonyl (C=O) groups is 2. The van der Waals surface area contributed by atoms with Crippen LogP contribution in [-0.4, -0.2) is 54.2 Å². The number of benzene rings is 1. The van der Waals surface area contributed by atoms with Gasteiger partial charge in [-0.15, -0.1) is 0 Å². The maximum absolute atomic E-state index is 12.0. The number of pyridine rings is 1. The first-order chi connectivity index (χ1) is 18.1. The predicted molar refractivity (Wildman–Crippen MR) is 156 cm³/mol. The molecule has 3 atom stereocenters. The minimum atomic E-state index is -0.694. The van der Waals surface area contributed by atoms with Gasteiger partial charge < -0.3 is 20.9 Å². The molecule has 4 rings (SSSR count). The second kappa shape index (κ2) is 12.9. The molecular formula is C30H44N6O3. The Bertz CT molecular complexity index is 1280. The number of H-pyrrole nitrogens is 1. The molecule has 9 nitrogen and oxygen atoms in total. The fourth-order valence-electron chi connectivity index (χ4n) is 4.87. The third-order valence-electron chi connectivity index (χ3n) is 7.43. The van der Waals surface area contributed by atoms with Gasteiger partial charge in [-0.05, 0) is 60.1 Å². The smallest absolute Gasteiger partial charge is 0.251 e. The number of amidine groups is 1. The number of nitriles is 1. The van der Waals surface area contributed by atoms with E-state index in [1.807, 2.05) is 31.2 Å². The summed E-state index contributed by atoms with van der Waals surface area (Å²) in [5.74, 6) is 2.54. The second-order valence-electron chi connectivity index (χ2n) is 12.3. The highest BCUT2D eigenvalue weighted by atomic mass is 16.2. The fourth-order valence-corrected chi connectivity index (χ4v) is 4.87. The molecule has 0 radical (unpaired) electrons. The van der Waals surface area contributed by atoms with E-state index in [1.165, 1.54) is 0 Å². The average Bonchev–Trinajstić information content (AvgIpc) is 3.17. The number of piperidine rings is 1. The van der Waals surface area contributed by atoms with E-state index in [0.717, 1.165) is 41.4 Å². The van der Waals surface area contributed by atoms with Crippen molar-refractivity contribution >= 4 is 29.1 Å². The molecule has 1 saturated carbocycles. The highest BCUT2D eigenvalue weighted by Gasteiger charge is 2.62. The normalized spacial score (nSPS) is 19.9. The number of hydrogen-bond acceptors (Lipinski definition) is 5. The topological polar surface area (TPSA) is 144 Å². The first-order valence-electron chi connectivity index (χ1n) is 13.3. The van der Waals surface area contributed by atoms with Gasteiger partial charge in [-0.25, -0.2) is 0 Å². The molecule has 2 aliphatic rings. The van der Waals surface area contributed by atoms with Crippen molar-refractivity contribution in [2.75, 3.05) is 20.1 Å².